The fourth-order valence-electron chi connectivity index (χ4n) is 16.3. The van der Waals surface area contributed by atoms with E-state index in [4.69, 9.17) is 26.6 Å². The summed E-state index contributed by atoms with van der Waals surface area (Å²) in [5.41, 5.74) is 33.3. The zero-order valence-corrected chi connectivity index (χ0v) is 102. The van der Waals surface area contributed by atoms with E-state index >= 15 is 0 Å². The van der Waals surface area contributed by atoms with Gasteiger partial charge < -0.3 is 30.8 Å². The predicted molar refractivity (Wildman–Crippen MR) is 680 cm³/mol. The molecule has 0 amide bonds. The Balaban J connectivity index is 0.000000185. The second-order valence-corrected chi connectivity index (χ2v) is 83.4. The predicted octanol–water partition coefficient (Wildman–Crippen LogP) is 39.3. The maximum Gasteiger partial charge on any atom is 0.164 e. The van der Waals surface area contributed by atoms with E-state index in [1.54, 1.807) is 32.9 Å². The van der Waals surface area contributed by atoms with Crippen LogP contribution in [0.4, 0.5) is 0 Å². The molecule has 0 fully saturated rings. The van der Waals surface area contributed by atoms with Crippen LogP contribution < -0.4 is 5.46 Å². The number of hydrogen-bond acceptors (Lipinski definition) is 8. The van der Waals surface area contributed by atoms with Gasteiger partial charge in [-0.3, -0.25) is 0 Å². The van der Waals surface area contributed by atoms with Gasteiger partial charge in [0.1, 0.15) is 0 Å². The summed E-state index contributed by atoms with van der Waals surface area (Å²) in [6.07, 6.45) is 0. The summed E-state index contributed by atoms with van der Waals surface area (Å²) in [5.74, 6) is 3.11. The molecule has 149 heavy (non-hydrogen) atoms. The van der Waals surface area contributed by atoms with Gasteiger partial charge in [-0.1, -0.05) is 507 Å². The third kappa shape index (κ3) is 35.6. The normalized spacial score (nSPS) is 10.1. The molecule has 21 aromatic rings. The molecule has 0 aliphatic carbocycles. The van der Waals surface area contributed by atoms with E-state index in [-0.39, 0.29) is 28.8 Å². The minimum Gasteiger partial charge on any atom is -0.208 e. The van der Waals surface area contributed by atoms with Crippen molar-refractivity contribution >= 4 is 163 Å². The average Bonchev–Trinajstić information content (AvgIpc) is 0.767. The maximum absolute atomic E-state index is 9.57. The molecule has 20 heteroatoms. The van der Waals surface area contributed by atoms with Crippen LogP contribution in [0, 0.1) is 20.8 Å². The van der Waals surface area contributed by atoms with Crippen molar-refractivity contribution in [2.75, 3.05) is 0 Å². The fraction of sp³-hybridized carbons (Fsp3) is 0.0465. The molecular weight excluding hydrogens is 2710 g/mol. The Bertz CT molecular complexity index is 7220. The summed E-state index contributed by atoms with van der Waals surface area (Å²) in [7, 11) is -0.857. The quantitative estimate of drug-likeness (QED) is 0.0378. The molecule has 0 saturated heterocycles. The van der Waals surface area contributed by atoms with Crippen LogP contribution in [-0.2, 0) is 32.9 Å². The van der Waals surface area contributed by atoms with Crippen LogP contribution in [0.15, 0.2) is 508 Å². The molecule has 2 aromatic heterocycles. The Morgan fingerprint density at radius 3 is 0.570 bits per heavy atom. The Kier molecular flexibility index (Phi) is 51.9. The third-order valence-electron chi connectivity index (χ3n) is 22.7. The summed E-state index contributed by atoms with van der Waals surface area (Å²) in [6, 6.07) is 173. The molecule has 0 aliphatic heterocycles. The van der Waals surface area contributed by atoms with Gasteiger partial charge in [0.2, 0.25) is 5.28 Å². The van der Waals surface area contributed by atoms with E-state index in [1.807, 2.05) is 152 Å². The van der Waals surface area contributed by atoms with Crippen LogP contribution in [0.3, 0.4) is 0 Å². The largest absolute Gasteiger partial charge is 0.208 e. The van der Waals surface area contributed by atoms with Gasteiger partial charge in [-0.2, -0.15) is 30.7 Å². The van der Waals surface area contributed by atoms with Crippen LogP contribution in [0.25, 0.3) is 190 Å². The molecular formula is C129H107BBrClI6N6O2V3-3. The Morgan fingerprint density at radius 1 is 0.248 bits per heavy atom. The molecule has 742 valence electrons. The minimum absolute atomic E-state index is 0. The van der Waals surface area contributed by atoms with Crippen molar-refractivity contribution in [3.63, 3.8) is 0 Å². The number of nitrogens with zero attached hydrogens (tertiary/aromatic N) is 6. The van der Waals surface area contributed by atoms with Gasteiger partial charge in [-0.25, -0.2) is 19.9 Å². The van der Waals surface area contributed by atoms with Gasteiger partial charge >= 0.3 is 121 Å². The molecule has 0 spiro atoms. The third-order valence-corrected chi connectivity index (χ3v) is 23.4. The van der Waals surface area contributed by atoms with Crippen LogP contribution in [0.2, 0.25) is 5.28 Å². The summed E-state index contributed by atoms with van der Waals surface area (Å²) < 4.78 is 1.89. The van der Waals surface area contributed by atoms with E-state index in [0.717, 1.165) is 86.3 Å². The summed E-state index contributed by atoms with van der Waals surface area (Å²) in [4.78, 5) is 27.3. The van der Waals surface area contributed by atoms with Crippen molar-refractivity contribution in [3.8, 4) is 190 Å². The Morgan fingerprint density at radius 2 is 0.389 bits per heavy atom. The van der Waals surface area contributed by atoms with Crippen molar-refractivity contribution in [2.24, 2.45) is 0 Å². The van der Waals surface area contributed by atoms with E-state index in [1.165, 1.54) is 83.5 Å². The van der Waals surface area contributed by atoms with E-state index in [0.29, 0.717) is 44.1 Å². The van der Waals surface area contributed by atoms with Crippen LogP contribution in [-0.4, -0.2) is 51.0 Å². The summed E-state index contributed by atoms with van der Waals surface area (Å²) >= 11 is 24.0. The fourth-order valence-corrected chi connectivity index (χ4v) is 16.7. The van der Waals surface area contributed by atoms with Crippen molar-refractivity contribution < 1.29 is 43.0 Å². The van der Waals surface area contributed by atoms with Crippen LogP contribution in [0.5, 0.6) is 0 Å². The first-order valence-corrected chi connectivity index (χ1v) is 72.7. The van der Waals surface area contributed by atoms with E-state index in [2.05, 4.69) is 528 Å². The van der Waals surface area contributed by atoms with Gasteiger partial charge in [-0.15, -0.1) is 0 Å². The first kappa shape index (κ1) is 119. The molecule has 0 atom stereocenters. The zero-order chi connectivity index (χ0) is 105. The average molecular weight is 2810 g/mol. The molecule has 8 nitrogen and oxygen atoms in total. The first-order valence-electron chi connectivity index (χ1n) is 47.7. The first-order chi connectivity index (χ1) is 72.5. The van der Waals surface area contributed by atoms with Gasteiger partial charge in [0.05, 0.1) is 0 Å². The molecule has 1 radical (unpaired) electrons. The van der Waals surface area contributed by atoms with Crippen LogP contribution >= 0.6 is 150 Å². The van der Waals surface area contributed by atoms with Crippen molar-refractivity contribution in [2.45, 2.75) is 38.5 Å². The molecule has 0 bridgehead atoms. The van der Waals surface area contributed by atoms with Crippen molar-refractivity contribution in [1.82, 2.24) is 29.9 Å². The second-order valence-electron chi connectivity index (χ2n) is 32.5. The topological polar surface area (TPSA) is 118 Å². The molecule has 2 heterocycles. The monoisotopic (exact) mass is 2810 g/mol. The minimum atomic E-state index is -1.48. The number of benzene rings is 19. The molecule has 19 aromatic carbocycles. The Hall–Kier alpha value is -9.91. The number of aromatic nitrogens is 6. The van der Waals surface area contributed by atoms with Gasteiger partial charge in [-0.05, 0) is 199 Å². The number of rotatable bonds is 18. The van der Waals surface area contributed by atoms with Gasteiger partial charge in [0, 0.05) is 54.8 Å². The van der Waals surface area contributed by atoms with Crippen LogP contribution in [0.1, 0.15) is 34.6 Å². The number of halogens is 8. The molecule has 21 rings (SSSR count). The summed E-state index contributed by atoms with van der Waals surface area (Å²) in [5, 5.41) is 19.3. The van der Waals surface area contributed by atoms with Crippen molar-refractivity contribution in [3.05, 3.63) is 534 Å². The zero-order valence-electron chi connectivity index (χ0n) is 82.6. The summed E-state index contributed by atoms with van der Waals surface area (Å²) in [6.45, 7) is 19.3. The van der Waals surface area contributed by atoms with E-state index < -0.39 is 7.12 Å². The maximum atomic E-state index is 9.57. The number of alkyl halides is 1. The van der Waals surface area contributed by atoms with E-state index in [9.17, 15) is 10.0 Å². The number of hydrogen-bond donors (Lipinski definition) is 2. The molecule has 0 saturated carbocycles. The van der Waals surface area contributed by atoms with Gasteiger partial charge in [0.15, 0.2) is 29.1 Å². The molecule has 0 unspecified atom stereocenters. The second kappa shape index (κ2) is 64.8. The molecule has 0 aliphatic rings. The molecule has 2 N–H and O–H groups in total. The standard InChI is InChI=1S/C45H31N3.C30H23BO2.C30H21Br.C15H10ClN3.C3H7I.3C2H5.5HI.3V/c1-6-16-32(17-7-1)39-30-40(33-18-8-2-9-19-33)42(41(31-39)34-20-10-3-11-21-34)35-26-28-38(29-27-35)45-47-43(36-22-12-4-13-23-36)46-44(48-45)37-24-14-5-15-25-37;32-31(33)27-18-16-25(17-19-27)30-28(23-12-6-2-7-13-23)20-26(22-10-4-1-5-11-22)21-29(30)24-14-8-3-9-15-24;31-27-18-16-25(17-19-27)30-28(23-12-6-2-7-13-23)20-26(22-10-4-1-5-11-22)21-29(30)24-14-8-3-9-15-24;16-15-18-13(11-7-3-1-4-8-11)17-14(19-15)12-9-5-2-6-10-12;1-3(2)4;3*1-2;;;;;;;;/h1-31H;1-21,32-33H;1-21H;1-10H;3H,1-2H3;3*1H2,2H3;5*1H;;;/q;;;;;3*-1;;;;;;;+2;+3/p-5. The Labute approximate surface area is 985 Å². The smallest absolute Gasteiger partial charge is 0.164 e. The van der Waals surface area contributed by atoms with Crippen molar-refractivity contribution in [1.29, 1.82) is 0 Å². The SMILES string of the molecule is Brc1ccc(-c2c(-c3ccccc3)cc(-c3ccccc3)cc2-c2ccccc2)cc1.CC(C)I.Clc1nc(-c2ccccc2)nc(-c2ccccc2)n1.OB(O)c1ccc(-c2c(-c3ccccc3)cc(-c3ccccc3)cc2-c2ccccc2)cc1.[CH2-]C.[CH2-]C.[CH2-]C.[I][V]([I])[I].[I][V][I].[V].c1ccc(-c2cc(-c3ccccc3)c(-c3ccc(-c4nc(-c5ccccc5)nc(-c5ccccc5)n4)cc3)c(-c3ccccc3)c2)cc1. The van der Waals surface area contributed by atoms with Gasteiger partial charge in [0.25, 0.3) is 0 Å².